The van der Waals surface area contributed by atoms with E-state index in [0.717, 1.165) is 30.2 Å². The molecule has 0 bridgehead atoms. The standard InChI is InChI=1S/C21H18F2N8/c22-14-5-6-15(16(23)9-14)18-4-2-8-31(18)21-26-12-25-20(28-21)27-19-10-17(29-30-19)13-3-1-7-24-11-13/h1,3,5-7,9-12,18H,2,4,8H2,(H2,25,26,27,28,29,30). The number of nitrogens with one attached hydrogen (secondary N) is 2. The molecule has 0 spiro atoms. The minimum absolute atomic E-state index is 0.265. The molecular formula is C21H18F2N8. The Balaban J connectivity index is 1.37. The van der Waals surface area contributed by atoms with E-state index in [-0.39, 0.29) is 6.04 Å². The van der Waals surface area contributed by atoms with Gasteiger partial charge in [-0.2, -0.15) is 10.1 Å². The molecule has 0 saturated carbocycles. The molecule has 0 aliphatic carbocycles. The number of halogens is 2. The van der Waals surface area contributed by atoms with Gasteiger partial charge in [-0.05, 0) is 31.0 Å². The van der Waals surface area contributed by atoms with Crippen molar-refractivity contribution < 1.29 is 8.78 Å². The van der Waals surface area contributed by atoms with Crippen molar-refractivity contribution >= 4 is 17.7 Å². The van der Waals surface area contributed by atoms with Crippen molar-refractivity contribution in [3.63, 3.8) is 0 Å². The summed E-state index contributed by atoms with van der Waals surface area (Å²) in [5.74, 6) is 0.121. The van der Waals surface area contributed by atoms with E-state index >= 15 is 0 Å². The van der Waals surface area contributed by atoms with Gasteiger partial charge < -0.3 is 10.2 Å². The lowest BCUT2D eigenvalue weighted by Crippen LogP contribution is -2.25. The third-order valence-corrected chi connectivity index (χ3v) is 5.18. The number of aromatic nitrogens is 6. The normalized spacial score (nSPS) is 15.9. The van der Waals surface area contributed by atoms with Crippen LogP contribution in [0.1, 0.15) is 24.4 Å². The Kier molecular flexibility index (Phi) is 4.95. The highest BCUT2D eigenvalue weighted by atomic mass is 19.1. The first-order valence-corrected chi connectivity index (χ1v) is 9.81. The van der Waals surface area contributed by atoms with Crippen molar-refractivity contribution in [1.82, 2.24) is 30.1 Å². The van der Waals surface area contributed by atoms with Gasteiger partial charge in [-0.3, -0.25) is 10.1 Å². The second kappa shape index (κ2) is 8.05. The van der Waals surface area contributed by atoms with Crippen LogP contribution >= 0.6 is 0 Å². The van der Waals surface area contributed by atoms with E-state index in [1.54, 1.807) is 12.4 Å². The van der Waals surface area contributed by atoms with E-state index in [2.05, 4.69) is 35.5 Å². The molecule has 4 aromatic rings. The van der Waals surface area contributed by atoms with E-state index in [4.69, 9.17) is 0 Å². The van der Waals surface area contributed by atoms with Crippen molar-refractivity contribution in [2.24, 2.45) is 0 Å². The molecule has 0 amide bonds. The summed E-state index contributed by atoms with van der Waals surface area (Å²) < 4.78 is 27.7. The second-order valence-corrected chi connectivity index (χ2v) is 7.16. The smallest absolute Gasteiger partial charge is 0.233 e. The number of hydrogen-bond donors (Lipinski definition) is 2. The number of hydrogen-bond acceptors (Lipinski definition) is 7. The maximum atomic E-state index is 14.4. The van der Waals surface area contributed by atoms with Crippen LogP contribution in [0.4, 0.5) is 26.5 Å². The molecule has 1 aliphatic rings. The van der Waals surface area contributed by atoms with Crippen LogP contribution in [0.3, 0.4) is 0 Å². The van der Waals surface area contributed by atoms with E-state index in [9.17, 15) is 8.78 Å². The van der Waals surface area contributed by atoms with Crippen molar-refractivity contribution in [1.29, 1.82) is 0 Å². The van der Waals surface area contributed by atoms with Gasteiger partial charge in [-0.15, -0.1) is 0 Å². The molecule has 1 aromatic carbocycles. The van der Waals surface area contributed by atoms with Gasteiger partial charge in [0.2, 0.25) is 11.9 Å². The molecule has 5 rings (SSSR count). The van der Waals surface area contributed by atoms with Crippen LogP contribution in [0.2, 0.25) is 0 Å². The van der Waals surface area contributed by atoms with E-state index in [1.165, 1.54) is 18.5 Å². The van der Waals surface area contributed by atoms with Gasteiger partial charge in [0.05, 0.1) is 11.7 Å². The fraction of sp³-hybridized carbons (Fsp3) is 0.190. The zero-order valence-corrected chi connectivity index (χ0v) is 16.3. The number of H-pyrrole nitrogens is 1. The Labute approximate surface area is 176 Å². The molecule has 10 heteroatoms. The minimum atomic E-state index is -0.595. The van der Waals surface area contributed by atoms with Crippen LogP contribution in [0.25, 0.3) is 11.3 Å². The lowest BCUT2D eigenvalue weighted by atomic mass is 10.0. The third-order valence-electron chi connectivity index (χ3n) is 5.18. The second-order valence-electron chi connectivity index (χ2n) is 7.16. The number of benzene rings is 1. The van der Waals surface area contributed by atoms with Crippen molar-refractivity contribution in [3.8, 4) is 11.3 Å². The number of anilines is 3. The van der Waals surface area contributed by atoms with Crippen LogP contribution < -0.4 is 10.2 Å². The first-order valence-electron chi connectivity index (χ1n) is 9.81. The van der Waals surface area contributed by atoms with Gasteiger partial charge in [0.15, 0.2) is 5.82 Å². The summed E-state index contributed by atoms with van der Waals surface area (Å²) >= 11 is 0. The largest absolute Gasteiger partial charge is 0.334 e. The van der Waals surface area contributed by atoms with E-state index in [1.807, 2.05) is 23.1 Å². The predicted octanol–water partition coefficient (Wildman–Crippen LogP) is 4.02. The first-order chi connectivity index (χ1) is 15.2. The van der Waals surface area contributed by atoms with Gasteiger partial charge in [0.25, 0.3) is 0 Å². The highest BCUT2D eigenvalue weighted by Crippen LogP contribution is 2.36. The summed E-state index contributed by atoms with van der Waals surface area (Å²) in [5.41, 5.74) is 2.14. The SMILES string of the molecule is Fc1ccc(C2CCCN2c2ncnc(Nc3cc(-c4cccnc4)[nH]n3)n2)c(F)c1. The summed E-state index contributed by atoms with van der Waals surface area (Å²) in [7, 11) is 0. The number of nitrogens with zero attached hydrogens (tertiary/aromatic N) is 6. The molecule has 1 atom stereocenters. The summed E-state index contributed by atoms with van der Waals surface area (Å²) in [6, 6.07) is 8.99. The molecule has 1 saturated heterocycles. The van der Waals surface area contributed by atoms with Crippen molar-refractivity contribution in [2.45, 2.75) is 18.9 Å². The van der Waals surface area contributed by atoms with Crippen LogP contribution in [0.5, 0.6) is 0 Å². The molecule has 3 aromatic heterocycles. The lowest BCUT2D eigenvalue weighted by Gasteiger charge is -2.25. The highest BCUT2D eigenvalue weighted by molar-refractivity contribution is 5.63. The van der Waals surface area contributed by atoms with E-state index in [0.29, 0.717) is 29.8 Å². The summed E-state index contributed by atoms with van der Waals surface area (Å²) in [6.07, 6.45) is 6.42. The molecule has 8 nitrogen and oxygen atoms in total. The summed E-state index contributed by atoms with van der Waals surface area (Å²) in [6.45, 7) is 0.665. The fourth-order valence-electron chi connectivity index (χ4n) is 3.76. The third kappa shape index (κ3) is 3.91. The Morgan fingerprint density at radius 3 is 2.90 bits per heavy atom. The van der Waals surface area contributed by atoms with Crippen LogP contribution in [-0.2, 0) is 0 Å². The van der Waals surface area contributed by atoms with E-state index < -0.39 is 11.6 Å². The quantitative estimate of drug-likeness (QED) is 0.503. The fourth-order valence-corrected chi connectivity index (χ4v) is 3.76. The van der Waals surface area contributed by atoms with Gasteiger partial charge >= 0.3 is 0 Å². The monoisotopic (exact) mass is 420 g/mol. The average molecular weight is 420 g/mol. The Bertz CT molecular complexity index is 1200. The van der Waals surface area contributed by atoms with Crippen LogP contribution in [0, 0.1) is 11.6 Å². The molecule has 0 radical (unpaired) electrons. The molecule has 156 valence electrons. The maximum absolute atomic E-state index is 14.4. The van der Waals surface area contributed by atoms with Crippen molar-refractivity contribution in [2.75, 3.05) is 16.8 Å². The molecule has 2 N–H and O–H groups in total. The summed E-state index contributed by atoms with van der Waals surface area (Å²) in [5, 5.41) is 10.2. The Morgan fingerprint density at radius 1 is 1.13 bits per heavy atom. The molecule has 1 fully saturated rings. The van der Waals surface area contributed by atoms with Gasteiger partial charge in [0, 0.05) is 42.2 Å². The van der Waals surface area contributed by atoms with Crippen LogP contribution in [-0.4, -0.2) is 36.7 Å². The lowest BCUT2D eigenvalue weighted by molar-refractivity contribution is 0.552. The molecule has 1 aliphatic heterocycles. The minimum Gasteiger partial charge on any atom is -0.334 e. The average Bonchev–Trinajstić information content (AvgIpc) is 3.45. The Hall–Kier alpha value is -3.95. The zero-order valence-electron chi connectivity index (χ0n) is 16.3. The topological polar surface area (TPSA) is 95.5 Å². The van der Waals surface area contributed by atoms with Crippen LogP contribution in [0.15, 0.2) is 55.1 Å². The molecule has 1 unspecified atom stereocenters. The number of aromatic amines is 1. The summed E-state index contributed by atoms with van der Waals surface area (Å²) in [4.78, 5) is 18.9. The van der Waals surface area contributed by atoms with Gasteiger partial charge in [-0.25, -0.2) is 18.7 Å². The first kappa shape index (κ1) is 19.0. The van der Waals surface area contributed by atoms with Crippen molar-refractivity contribution in [3.05, 3.63) is 72.3 Å². The molecule has 4 heterocycles. The maximum Gasteiger partial charge on any atom is 0.233 e. The molecular weight excluding hydrogens is 402 g/mol. The Morgan fingerprint density at radius 2 is 2.06 bits per heavy atom. The zero-order chi connectivity index (χ0) is 21.2. The van der Waals surface area contributed by atoms with Gasteiger partial charge in [0.1, 0.15) is 18.0 Å². The highest BCUT2D eigenvalue weighted by Gasteiger charge is 2.30. The predicted molar refractivity (Wildman–Crippen MR) is 111 cm³/mol. The molecule has 31 heavy (non-hydrogen) atoms. The number of pyridine rings is 1. The van der Waals surface area contributed by atoms with Gasteiger partial charge in [-0.1, -0.05) is 6.07 Å². The number of rotatable bonds is 5.